The van der Waals surface area contributed by atoms with Crippen molar-refractivity contribution in [3.05, 3.63) is 29.8 Å². The summed E-state index contributed by atoms with van der Waals surface area (Å²) in [7, 11) is 1.67. The third-order valence-electron chi connectivity index (χ3n) is 6.23. The van der Waals surface area contributed by atoms with Gasteiger partial charge in [0.2, 0.25) is 0 Å². The second kappa shape index (κ2) is 6.03. The van der Waals surface area contributed by atoms with Gasteiger partial charge >= 0.3 is 0 Å². The minimum atomic E-state index is -0.715. The Morgan fingerprint density at radius 1 is 1.08 bits per heavy atom. The predicted molar refractivity (Wildman–Crippen MR) is 96.2 cm³/mol. The Bertz CT molecular complexity index is 574. The van der Waals surface area contributed by atoms with Gasteiger partial charge in [0.25, 0.3) is 0 Å². The van der Waals surface area contributed by atoms with Gasteiger partial charge in [-0.1, -0.05) is 19.1 Å². The number of aliphatic hydroxyl groups is 1. The van der Waals surface area contributed by atoms with Crippen LogP contribution in [0.5, 0.6) is 5.75 Å². The van der Waals surface area contributed by atoms with Crippen LogP contribution >= 0.6 is 0 Å². The van der Waals surface area contributed by atoms with Crippen molar-refractivity contribution in [1.29, 1.82) is 0 Å². The van der Waals surface area contributed by atoms with Gasteiger partial charge in [0.05, 0.1) is 24.4 Å². The normalized spacial score (nSPS) is 36.4. The minimum absolute atomic E-state index is 0.105. The molecule has 4 atom stereocenters. The molecule has 1 aromatic carbocycles. The molecule has 2 aliphatic carbocycles. The predicted octanol–water partition coefficient (Wildman–Crippen LogP) is 4.67. The number of ether oxygens (including phenoxy) is 2. The molecule has 0 spiro atoms. The summed E-state index contributed by atoms with van der Waals surface area (Å²) in [6.07, 6.45) is 5.21. The third kappa shape index (κ3) is 3.21. The first-order chi connectivity index (χ1) is 11.2. The molecular weight excluding hydrogens is 300 g/mol. The summed E-state index contributed by atoms with van der Waals surface area (Å²) in [5.74, 6) is 1.35. The van der Waals surface area contributed by atoms with E-state index in [0.717, 1.165) is 43.4 Å². The number of rotatable bonds is 3. The van der Waals surface area contributed by atoms with Crippen molar-refractivity contribution in [2.24, 2.45) is 11.3 Å². The quantitative estimate of drug-likeness (QED) is 0.874. The average Bonchev–Trinajstić information content (AvgIpc) is 2.82. The number of fused-ring (bicyclic) bond motifs is 1. The van der Waals surface area contributed by atoms with Crippen molar-refractivity contribution in [1.82, 2.24) is 0 Å². The summed E-state index contributed by atoms with van der Waals surface area (Å²) < 4.78 is 11.6. The highest BCUT2D eigenvalue weighted by atomic mass is 16.5. The molecule has 2 fully saturated rings. The molecule has 0 unspecified atom stereocenters. The Balaban J connectivity index is 1.77. The maximum absolute atomic E-state index is 11.3. The number of hydrogen-bond acceptors (Lipinski definition) is 3. The molecule has 1 N–H and O–H groups in total. The highest BCUT2D eigenvalue weighted by Crippen LogP contribution is 2.58. The molecule has 0 amide bonds. The zero-order valence-corrected chi connectivity index (χ0v) is 15.8. The summed E-state index contributed by atoms with van der Waals surface area (Å²) in [5.41, 5.74) is 0.385. The highest BCUT2D eigenvalue weighted by molar-refractivity contribution is 5.31. The van der Waals surface area contributed by atoms with Crippen molar-refractivity contribution >= 4 is 0 Å². The van der Waals surface area contributed by atoms with E-state index in [-0.39, 0.29) is 11.0 Å². The fourth-order valence-electron chi connectivity index (χ4n) is 4.74. The van der Waals surface area contributed by atoms with Crippen molar-refractivity contribution < 1.29 is 14.6 Å². The Kier molecular flexibility index (Phi) is 4.46. The topological polar surface area (TPSA) is 38.7 Å². The Labute approximate surface area is 146 Å². The van der Waals surface area contributed by atoms with Crippen LogP contribution in [0.4, 0.5) is 0 Å². The van der Waals surface area contributed by atoms with Gasteiger partial charge in [-0.3, -0.25) is 0 Å². The Hall–Kier alpha value is -1.06. The van der Waals surface area contributed by atoms with Crippen LogP contribution in [0, 0.1) is 11.3 Å². The van der Waals surface area contributed by atoms with Gasteiger partial charge in [-0.05, 0) is 81.9 Å². The van der Waals surface area contributed by atoms with Crippen LogP contribution in [0.3, 0.4) is 0 Å². The molecule has 1 aromatic rings. The number of hydrogen-bond donors (Lipinski definition) is 1. The van der Waals surface area contributed by atoms with Gasteiger partial charge in [-0.15, -0.1) is 0 Å². The Morgan fingerprint density at radius 3 is 2.33 bits per heavy atom. The van der Waals surface area contributed by atoms with E-state index in [1.807, 2.05) is 24.3 Å². The molecule has 2 aliphatic rings. The van der Waals surface area contributed by atoms with Crippen LogP contribution < -0.4 is 4.74 Å². The molecular formula is C21H32O3. The molecule has 0 heterocycles. The zero-order valence-electron chi connectivity index (χ0n) is 15.8. The fraction of sp³-hybridized carbons (Fsp3) is 0.714. The van der Waals surface area contributed by atoms with Crippen LogP contribution in [0.2, 0.25) is 0 Å². The van der Waals surface area contributed by atoms with E-state index in [1.54, 1.807) is 7.11 Å². The molecule has 134 valence electrons. The van der Waals surface area contributed by atoms with Crippen molar-refractivity contribution in [2.75, 3.05) is 7.11 Å². The molecule has 24 heavy (non-hydrogen) atoms. The molecule has 3 heteroatoms. The van der Waals surface area contributed by atoms with E-state index in [4.69, 9.17) is 9.47 Å². The van der Waals surface area contributed by atoms with E-state index in [9.17, 15) is 5.11 Å². The first-order valence-electron chi connectivity index (χ1n) is 9.21. The monoisotopic (exact) mass is 332 g/mol. The van der Waals surface area contributed by atoms with E-state index in [2.05, 4.69) is 27.7 Å². The van der Waals surface area contributed by atoms with Crippen molar-refractivity contribution in [3.63, 3.8) is 0 Å². The zero-order chi connectivity index (χ0) is 17.6. The van der Waals surface area contributed by atoms with E-state index >= 15 is 0 Å². The lowest BCUT2D eigenvalue weighted by Crippen LogP contribution is -2.46. The second-order valence-electron chi connectivity index (χ2n) is 8.96. The lowest BCUT2D eigenvalue weighted by Gasteiger charge is -2.48. The standard InChI is InChI=1S/C21H32O3/c1-19(2,3)24-18-11-8-16-14-21(22,13-12-20(16,18)4)15-6-9-17(23-5)10-7-15/h6-7,9-10,16,18,22H,8,11-14H2,1-5H3/t16-,18-,20-,21+/m0/s1. The van der Waals surface area contributed by atoms with Crippen LogP contribution in [0.1, 0.15) is 65.4 Å². The lowest BCUT2D eigenvalue weighted by molar-refractivity contribution is -0.140. The number of benzene rings is 1. The summed E-state index contributed by atoms with van der Waals surface area (Å²) in [6, 6.07) is 7.92. The van der Waals surface area contributed by atoms with E-state index in [1.165, 1.54) is 0 Å². The smallest absolute Gasteiger partial charge is 0.118 e. The van der Waals surface area contributed by atoms with Crippen LogP contribution in [-0.2, 0) is 10.3 Å². The molecule has 0 saturated heterocycles. The van der Waals surface area contributed by atoms with Crippen LogP contribution in [-0.4, -0.2) is 23.9 Å². The van der Waals surface area contributed by atoms with Gasteiger partial charge < -0.3 is 14.6 Å². The fourth-order valence-corrected chi connectivity index (χ4v) is 4.74. The van der Waals surface area contributed by atoms with E-state index in [0.29, 0.717) is 12.0 Å². The molecule has 0 bridgehead atoms. The van der Waals surface area contributed by atoms with E-state index < -0.39 is 5.60 Å². The minimum Gasteiger partial charge on any atom is -0.497 e. The lowest BCUT2D eigenvalue weighted by atomic mass is 9.62. The van der Waals surface area contributed by atoms with Gasteiger partial charge in [-0.25, -0.2) is 0 Å². The first-order valence-corrected chi connectivity index (χ1v) is 9.21. The molecule has 0 aromatic heterocycles. The summed E-state index contributed by atoms with van der Waals surface area (Å²) in [5, 5.41) is 11.3. The first kappa shape index (κ1) is 17.8. The van der Waals surface area contributed by atoms with Gasteiger partial charge in [0, 0.05) is 0 Å². The van der Waals surface area contributed by atoms with Crippen molar-refractivity contribution in [3.8, 4) is 5.75 Å². The summed E-state index contributed by atoms with van der Waals surface area (Å²) >= 11 is 0. The molecule has 3 rings (SSSR count). The Morgan fingerprint density at radius 2 is 1.75 bits per heavy atom. The molecule has 0 aliphatic heterocycles. The molecule has 0 radical (unpaired) electrons. The summed E-state index contributed by atoms with van der Waals surface area (Å²) in [6.45, 7) is 8.79. The molecule has 3 nitrogen and oxygen atoms in total. The van der Waals surface area contributed by atoms with Crippen molar-refractivity contribution in [2.45, 2.75) is 77.1 Å². The maximum Gasteiger partial charge on any atom is 0.118 e. The van der Waals surface area contributed by atoms with Gasteiger partial charge in [0.1, 0.15) is 5.75 Å². The SMILES string of the molecule is COc1ccc([C@@]2(O)CC[C@@]3(C)[C@@H](CC[C@@H]3OC(C)(C)C)C2)cc1. The maximum atomic E-state index is 11.3. The number of methoxy groups -OCH3 is 1. The largest absolute Gasteiger partial charge is 0.497 e. The van der Waals surface area contributed by atoms with Crippen LogP contribution in [0.25, 0.3) is 0 Å². The van der Waals surface area contributed by atoms with Gasteiger partial charge in [0.15, 0.2) is 0 Å². The second-order valence-corrected chi connectivity index (χ2v) is 8.96. The van der Waals surface area contributed by atoms with Gasteiger partial charge in [-0.2, -0.15) is 0 Å². The average molecular weight is 332 g/mol. The third-order valence-corrected chi connectivity index (χ3v) is 6.23. The molecule has 2 saturated carbocycles. The van der Waals surface area contributed by atoms with Crippen LogP contribution in [0.15, 0.2) is 24.3 Å². The highest BCUT2D eigenvalue weighted by Gasteiger charge is 2.54. The summed E-state index contributed by atoms with van der Waals surface area (Å²) in [4.78, 5) is 0.